The topological polar surface area (TPSA) is 63.3 Å². The minimum absolute atomic E-state index is 0.103. The van der Waals surface area contributed by atoms with Crippen LogP contribution in [0.4, 0.5) is 0 Å². The van der Waals surface area contributed by atoms with E-state index >= 15 is 0 Å². The molecule has 24 heavy (non-hydrogen) atoms. The monoisotopic (exact) mass is 345 g/mol. The van der Waals surface area contributed by atoms with Gasteiger partial charge in [-0.15, -0.1) is 11.3 Å². The van der Waals surface area contributed by atoms with Crippen molar-refractivity contribution in [2.75, 3.05) is 0 Å². The highest BCUT2D eigenvalue weighted by Gasteiger charge is 2.26. The molecule has 0 radical (unpaired) electrons. The number of thiophene rings is 1. The van der Waals surface area contributed by atoms with E-state index < -0.39 is 5.97 Å². The second-order valence-electron chi connectivity index (χ2n) is 7.08. The first-order chi connectivity index (χ1) is 11.4. The highest BCUT2D eigenvalue weighted by molar-refractivity contribution is 7.14. The Bertz CT molecular complexity index is 703. The fourth-order valence-electron chi connectivity index (χ4n) is 3.14. The molecular weight excluding hydrogens is 318 g/mol. The third-order valence-electron chi connectivity index (χ3n) is 4.44. The molecule has 0 aliphatic rings. The van der Waals surface area contributed by atoms with Gasteiger partial charge in [0.15, 0.2) is 0 Å². The fraction of sp³-hybridized carbons (Fsp3) is 0.450. The lowest BCUT2D eigenvalue weighted by atomic mass is 9.80. The van der Waals surface area contributed by atoms with Gasteiger partial charge in [0.25, 0.3) is 0 Å². The molecule has 0 unspecified atom stereocenters. The third kappa shape index (κ3) is 4.25. The molecule has 2 rings (SSSR count). The van der Waals surface area contributed by atoms with Crippen LogP contribution in [0, 0.1) is 5.41 Å². The Labute approximate surface area is 148 Å². The Morgan fingerprint density at radius 3 is 2.58 bits per heavy atom. The van der Waals surface area contributed by atoms with Crippen molar-refractivity contribution in [1.82, 2.24) is 0 Å². The highest BCUT2D eigenvalue weighted by Crippen LogP contribution is 2.38. The molecule has 1 aromatic heterocycles. The summed E-state index contributed by atoms with van der Waals surface area (Å²) in [5.41, 5.74) is 9.26. The van der Waals surface area contributed by atoms with E-state index in [2.05, 4.69) is 20.8 Å². The Kier molecular flexibility index (Phi) is 6.19. The smallest absolute Gasteiger partial charge is 0.337 e. The van der Waals surface area contributed by atoms with Gasteiger partial charge in [0, 0.05) is 11.4 Å². The van der Waals surface area contributed by atoms with E-state index in [0.717, 1.165) is 40.8 Å². The van der Waals surface area contributed by atoms with Gasteiger partial charge in [-0.2, -0.15) is 0 Å². The SMILES string of the molecule is CCCCC(C)(C)Cc1csc(-c2ccccc2CN)c1C(=O)O. The highest BCUT2D eigenvalue weighted by atomic mass is 32.1. The zero-order chi connectivity index (χ0) is 17.7. The van der Waals surface area contributed by atoms with Gasteiger partial charge in [0.2, 0.25) is 0 Å². The van der Waals surface area contributed by atoms with Crippen molar-refractivity contribution in [3.63, 3.8) is 0 Å². The van der Waals surface area contributed by atoms with E-state index in [9.17, 15) is 9.90 Å². The number of carboxylic acids is 1. The van der Waals surface area contributed by atoms with E-state index in [1.165, 1.54) is 17.8 Å². The van der Waals surface area contributed by atoms with Crippen molar-refractivity contribution < 1.29 is 9.90 Å². The van der Waals surface area contributed by atoms with Crippen LogP contribution in [0.3, 0.4) is 0 Å². The number of unbranched alkanes of at least 4 members (excludes halogenated alkanes) is 1. The van der Waals surface area contributed by atoms with Gasteiger partial charge in [0.1, 0.15) is 0 Å². The first-order valence-corrected chi connectivity index (χ1v) is 9.39. The lowest BCUT2D eigenvalue weighted by Crippen LogP contribution is -2.16. The van der Waals surface area contributed by atoms with Crippen LogP contribution in [-0.2, 0) is 13.0 Å². The molecule has 0 aliphatic carbocycles. The molecule has 130 valence electrons. The van der Waals surface area contributed by atoms with E-state index in [0.29, 0.717) is 12.1 Å². The Hall–Kier alpha value is -1.65. The zero-order valence-corrected chi connectivity index (χ0v) is 15.6. The normalized spacial score (nSPS) is 11.7. The maximum atomic E-state index is 12.0. The minimum atomic E-state index is -0.848. The molecule has 1 heterocycles. The Balaban J connectivity index is 2.43. The molecule has 0 bridgehead atoms. The Morgan fingerprint density at radius 1 is 1.25 bits per heavy atom. The number of aromatic carboxylic acids is 1. The van der Waals surface area contributed by atoms with Crippen molar-refractivity contribution in [2.45, 2.75) is 53.0 Å². The van der Waals surface area contributed by atoms with Gasteiger partial charge in [-0.3, -0.25) is 0 Å². The summed E-state index contributed by atoms with van der Waals surface area (Å²) in [4.78, 5) is 12.8. The van der Waals surface area contributed by atoms with Crippen molar-refractivity contribution in [3.05, 3.63) is 46.3 Å². The van der Waals surface area contributed by atoms with E-state index in [-0.39, 0.29) is 5.41 Å². The van der Waals surface area contributed by atoms with Crippen LogP contribution in [0.2, 0.25) is 0 Å². The average molecular weight is 346 g/mol. The first-order valence-electron chi connectivity index (χ1n) is 8.51. The van der Waals surface area contributed by atoms with Crippen molar-refractivity contribution >= 4 is 17.3 Å². The molecule has 4 heteroatoms. The van der Waals surface area contributed by atoms with Gasteiger partial charge in [0.05, 0.1) is 5.56 Å². The summed E-state index contributed by atoms with van der Waals surface area (Å²) in [5, 5.41) is 11.8. The number of carbonyl (C=O) groups is 1. The van der Waals surface area contributed by atoms with Crippen LogP contribution in [0.5, 0.6) is 0 Å². The van der Waals surface area contributed by atoms with Gasteiger partial charge < -0.3 is 10.8 Å². The van der Waals surface area contributed by atoms with Crippen LogP contribution in [0.1, 0.15) is 61.5 Å². The number of rotatable bonds is 8. The molecule has 0 saturated heterocycles. The summed E-state index contributed by atoms with van der Waals surface area (Å²) in [6.07, 6.45) is 4.22. The molecule has 0 atom stereocenters. The summed E-state index contributed by atoms with van der Waals surface area (Å²) >= 11 is 1.52. The largest absolute Gasteiger partial charge is 0.478 e. The number of hydrogen-bond donors (Lipinski definition) is 2. The van der Waals surface area contributed by atoms with Crippen molar-refractivity contribution in [1.29, 1.82) is 0 Å². The molecule has 0 spiro atoms. The summed E-state index contributed by atoms with van der Waals surface area (Å²) in [6.45, 7) is 7.04. The predicted octanol–water partition coefficient (Wildman–Crippen LogP) is 5.33. The standard InChI is InChI=1S/C20H27NO2S/c1-4-5-10-20(2,3)11-15-13-24-18(17(15)19(22)23)16-9-7-6-8-14(16)12-21/h6-9,13H,4-5,10-12,21H2,1-3H3,(H,22,23). The van der Waals surface area contributed by atoms with E-state index in [1.54, 1.807) is 0 Å². The summed E-state index contributed by atoms with van der Waals surface area (Å²) in [7, 11) is 0. The van der Waals surface area contributed by atoms with Crippen LogP contribution in [0.25, 0.3) is 10.4 Å². The number of benzene rings is 1. The van der Waals surface area contributed by atoms with Gasteiger partial charge in [-0.25, -0.2) is 4.79 Å². The van der Waals surface area contributed by atoms with Crippen LogP contribution < -0.4 is 5.73 Å². The number of carboxylic acid groups (broad SMARTS) is 1. The summed E-state index contributed by atoms with van der Waals surface area (Å²) < 4.78 is 0. The van der Waals surface area contributed by atoms with E-state index in [1.807, 2.05) is 29.6 Å². The molecule has 3 N–H and O–H groups in total. The lowest BCUT2D eigenvalue weighted by Gasteiger charge is -2.24. The molecule has 3 nitrogen and oxygen atoms in total. The van der Waals surface area contributed by atoms with Crippen molar-refractivity contribution in [2.24, 2.45) is 11.1 Å². The molecular formula is C20H27NO2S. The quantitative estimate of drug-likeness (QED) is 0.679. The van der Waals surface area contributed by atoms with Gasteiger partial charge in [-0.1, -0.05) is 57.9 Å². The molecule has 2 aromatic rings. The Morgan fingerprint density at radius 2 is 1.96 bits per heavy atom. The summed E-state index contributed by atoms with van der Waals surface area (Å²) in [6, 6.07) is 7.80. The zero-order valence-electron chi connectivity index (χ0n) is 14.8. The predicted molar refractivity (Wildman–Crippen MR) is 102 cm³/mol. The van der Waals surface area contributed by atoms with Gasteiger partial charge in [-0.05, 0) is 40.3 Å². The fourth-order valence-corrected chi connectivity index (χ4v) is 4.26. The summed E-state index contributed by atoms with van der Waals surface area (Å²) in [5.74, 6) is -0.848. The lowest BCUT2D eigenvalue weighted by molar-refractivity contribution is 0.0696. The average Bonchev–Trinajstić information content (AvgIpc) is 2.95. The molecule has 0 fully saturated rings. The first kappa shape index (κ1) is 18.7. The number of nitrogens with two attached hydrogens (primary N) is 1. The van der Waals surface area contributed by atoms with Gasteiger partial charge >= 0.3 is 5.97 Å². The molecule has 0 saturated carbocycles. The minimum Gasteiger partial charge on any atom is -0.478 e. The van der Waals surface area contributed by atoms with Crippen LogP contribution >= 0.6 is 11.3 Å². The van der Waals surface area contributed by atoms with Crippen LogP contribution in [-0.4, -0.2) is 11.1 Å². The second-order valence-corrected chi connectivity index (χ2v) is 7.96. The molecule has 0 amide bonds. The maximum Gasteiger partial charge on any atom is 0.337 e. The molecule has 0 aliphatic heterocycles. The van der Waals surface area contributed by atoms with Crippen LogP contribution in [0.15, 0.2) is 29.6 Å². The van der Waals surface area contributed by atoms with E-state index in [4.69, 9.17) is 5.73 Å². The third-order valence-corrected chi connectivity index (χ3v) is 5.50. The maximum absolute atomic E-state index is 12.0. The molecule has 1 aromatic carbocycles. The second kappa shape index (κ2) is 7.95. The number of hydrogen-bond acceptors (Lipinski definition) is 3. The van der Waals surface area contributed by atoms with Crippen molar-refractivity contribution in [3.8, 4) is 10.4 Å².